The number of aryl methyl sites for hydroxylation is 2. The predicted molar refractivity (Wildman–Crippen MR) is 67.3 cm³/mol. The van der Waals surface area contributed by atoms with Gasteiger partial charge in [-0.3, -0.25) is 0 Å². The van der Waals surface area contributed by atoms with Crippen molar-refractivity contribution in [3.8, 4) is 0 Å². The van der Waals surface area contributed by atoms with Crippen LogP contribution < -0.4 is 4.57 Å². The summed E-state index contributed by atoms with van der Waals surface area (Å²) in [5, 5.41) is 0. The van der Waals surface area contributed by atoms with Crippen molar-refractivity contribution in [3.63, 3.8) is 0 Å². The second-order valence-electron chi connectivity index (χ2n) is 3.93. The molecule has 86 valence electrons. The summed E-state index contributed by atoms with van der Waals surface area (Å²) < 4.78 is 4.73. The van der Waals surface area contributed by atoms with Gasteiger partial charge < -0.3 is 0 Å². The van der Waals surface area contributed by atoms with Crippen LogP contribution in [0.3, 0.4) is 0 Å². The molecular weight excluding hydrogens is 204 g/mol. The molecule has 0 saturated carbocycles. The SMILES string of the molecule is CCCCn1cc[n+](CCCSC)c1C. The Kier molecular flexibility index (Phi) is 5.84. The van der Waals surface area contributed by atoms with E-state index in [1.807, 2.05) is 11.8 Å². The summed E-state index contributed by atoms with van der Waals surface area (Å²) in [5.41, 5.74) is 0. The topological polar surface area (TPSA) is 8.81 Å². The molecule has 0 aliphatic heterocycles. The van der Waals surface area contributed by atoms with E-state index in [-0.39, 0.29) is 0 Å². The summed E-state index contributed by atoms with van der Waals surface area (Å²) in [5.74, 6) is 2.65. The first-order valence-corrected chi connectivity index (χ1v) is 7.23. The van der Waals surface area contributed by atoms with Crippen LogP contribution in [-0.2, 0) is 13.1 Å². The number of nitrogens with zero attached hydrogens (tertiary/aromatic N) is 2. The monoisotopic (exact) mass is 227 g/mol. The van der Waals surface area contributed by atoms with Crippen LogP contribution in [0.2, 0.25) is 0 Å². The largest absolute Gasteiger partial charge is 0.253 e. The quantitative estimate of drug-likeness (QED) is 0.514. The van der Waals surface area contributed by atoms with E-state index in [2.05, 4.69) is 41.6 Å². The van der Waals surface area contributed by atoms with Crippen molar-refractivity contribution in [1.29, 1.82) is 0 Å². The van der Waals surface area contributed by atoms with Crippen molar-refractivity contribution in [2.45, 2.75) is 46.2 Å². The summed E-state index contributed by atoms with van der Waals surface area (Å²) in [6.45, 7) is 6.78. The minimum absolute atomic E-state index is 1.16. The van der Waals surface area contributed by atoms with Crippen LogP contribution in [0, 0.1) is 6.92 Å². The predicted octanol–water partition coefficient (Wildman–Crippen LogP) is 2.64. The van der Waals surface area contributed by atoms with Gasteiger partial charge in [0.05, 0.1) is 13.1 Å². The summed E-state index contributed by atoms with van der Waals surface area (Å²) >= 11 is 1.93. The third kappa shape index (κ3) is 3.90. The molecule has 1 heterocycles. The lowest BCUT2D eigenvalue weighted by molar-refractivity contribution is -0.702. The van der Waals surface area contributed by atoms with E-state index in [4.69, 9.17) is 0 Å². The second kappa shape index (κ2) is 6.94. The number of imidazole rings is 1. The number of thioether (sulfide) groups is 1. The number of hydrogen-bond donors (Lipinski definition) is 0. The van der Waals surface area contributed by atoms with Gasteiger partial charge >= 0.3 is 0 Å². The number of aromatic nitrogens is 2. The molecule has 1 rings (SSSR count). The standard InChI is InChI=1S/C12H23N2S/c1-4-5-7-13-9-10-14(12(13)2)8-6-11-15-3/h9-10H,4-8,11H2,1-3H3/q+1. The zero-order valence-electron chi connectivity index (χ0n) is 10.2. The first-order valence-electron chi connectivity index (χ1n) is 5.83. The van der Waals surface area contributed by atoms with Crippen LogP contribution in [0.5, 0.6) is 0 Å². The van der Waals surface area contributed by atoms with Crippen molar-refractivity contribution in [1.82, 2.24) is 4.57 Å². The summed E-state index contributed by atoms with van der Waals surface area (Å²) in [6, 6.07) is 0. The van der Waals surface area contributed by atoms with E-state index >= 15 is 0 Å². The van der Waals surface area contributed by atoms with E-state index in [1.54, 1.807) is 0 Å². The molecule has 0 unspecified atom stereocenters. The smallest absolute Gasteiger partial charge is 0.234 e. The molecule has 2 nitrogen and oxygen atoms in total. The van der Waals surface area contributed by atoms with Gasteiger partial charge in [0.25, 0.3) is 5.82 Å². The molecule has 15 heavy (non-hydrogen) atoms. The van der Waals surface area contributed by atoms with E-state index in [0.29, 0.717) is 0 Å². The molecule has 0 aliphatic carbocycles. The normalized spacial score (nSPS) is 10.9. The van der Waals surface area contributed by atoms with Gasteiger partial charge in [0, 0.05) is 6.92 Å². The van der Waals surface area contributed by atoms with Crippen LogP contribution in [0.1, 0.15) is 32.0 Å². The average Bonchev–Trinajstić information content (AvgIpc) is 2.58. The summed E-state index contributed by atoms with van der Waals surface area (Å²) in [6.07, 6.45) is 10.4. The van der Waals surface area contributed by atoms with Crippen molar-refractivity contribution in [3.05, 3.63) is 18.2 Å². The Bertz CT molecular complexity index is 281. The molecule has 0 amide bonds. The van der Waals surface area contributed by atoms with Crippen LogP contribution >= 0.6 is 11.8 Å². The highest BCUT2D eigenvalue weighted by molar-refractivity contribution is 7.98. The molecule has 0 atom stereocenters. The van der Waals surface area contributed by atoms with Crippen molar-refractivity contribution >= 4 is 11.8 Å². The molecule has 1 aromatic rings. The van der Waals surface area contributed by atoms with Crippen molar-refractivity contribution in [2.75, 3.05) is 12.0 Å². The van der Waals surface area contributed by atoms with Gasteiger partial charge in [-0.05, 0) is 24.9 Å². The average molecular weight is 227 g/mol. The van der Waals surface area contributed by atoms with Crippen LogP contribution in [-0.4, -0.2) is 16.6 Å². The third-order valence-corrected chi connectivity index (χ3v) is 3.45. The van der Waals surface area contributed by atoms with Crippen molar-refractivity contribution < 1.29 is 4.57 Å². The van der Waals surface area contributed by atoms with E-state index in [9.17, 15) is 0 Å². The maximum Gasteiger partial charge on any atom is 0.253 e. The Morgan fingerprint density at radius 3 is 2.87 bits per heavy atom. The van der Waals surface area contributed by atoms with Crippen LogP contribution in [0.4, 0.5) is 0 Å². The van der Waals surface area contributed by atoms with Gasteiger partial charge in [0.2, 0.25) is 0 Å². The fraction of sp³-hybridized carbons (Fsp3) is 0.750. The lowest BCUT2D eigenvalue weighted by Crippen LogP contribution is -2.35. The van der Waals surface area contributed by atoms with Gasteiger partial charge in [0.1, 0.15) is 12.4 Å². The molecule has 0 saturated heterocycles. The Morgan fingerprint density at radius 2 is 2.20 bits per heavy atom. The highest BCUT2D eigenvalue weighted by atomic mass is 32.2. The third-order valence-electron chi connectivity index (χ3n) is 2.76. The van der Waals surface area contributed by atoms with E-state index < -0.39 is 0 Å². The van der Waals surface area contributed by atoms with Gasteiger partial charge in [-0.15, -0.1) is 0 Å². The fourth-order valence-electron chi connectivity index (χ4n) is 1.72. The lowest BCUT2D eigenvalue weighted by atomic mass is 10.3. The van der Waals surface area contributed by atoms with Gasteiger partial charge in [-0.1, -0.05) is 13.3 Å². The molecule has 0 spiro atoms. The van der Waals surface area contributed by atoms with E-state index in [0.717, 1.165) is 13.1 Å². The zero-order chi connectivity index (χ0) is 11.1. The van der Waals surface area contributed by atoms with Crippen LogP contribution in [0.25, 0.3) is 0 Å². The second-order valence-corrected chi connectivity index (χ2v) is 4.92. The molecule has 0 aliphatic rings. The molecule has 0 bridgehead atoms. The molecule has 0 radical (unpaired) electrons. The Morgan fingerprint density at radius 1 is 1.40 bits per heavy atom. The molecule has 0 fully saturated rings. The summed E-state index contributed by atoms with van der Waals surface area (Å²) in [4.78, 5) is 0. The lowest BCUT2D eigenvalue weighted by Gasteiger charge is -2.00. The number of unbranched alkanes of at least 4 members (excludes halogenated alkanes) is 1. The Labute approximate surface area is 97.7 Å². The zero-order valence-corrected chi connectivity index (χ0v) is 11.0. The maximum atomic E-state index is 2.37. The minimum atomic E-state index is 1.16. The van der Waals surface area contributed by atoms with Gasteiger partial charge in [0.15, 0.2) is 0 Å². The van der Waals surface area contributed by atoms with E-state index in [1.165, 1.54) is 30.8 Å². The van der Waals surface area contributed by atoms with Gasteiger partial charge in [-0.25, -0.2) is 9.13 Å². The van der Waals surface area contributed by atoms with Crippen molar-refractivity contribution in [2.24, 2.45) is 0 Å². The highest BCUT2D eigenvalue weighted by Gasteiger charge is 2.10. The Balaban J connectivity index is 2.47. The minimum Gasteiger partial charge on any atom is -0.234 e. The van der Waals surface area contributed by atoms with Crippen LogP contribution in [0.15, 0.2) is 12.4 Å². The molecule has 0 N–H and O–H groups in total. The van der Waals surface area contributed by atoms with Gasteiger partial charge in [-0.2, -0.15) is 11.8 Å². The molecular formula is C12H23N2S+. The number of hydrogen-bond acceptors (Lipinski definition) is 1. The molecule has 0 aromatic carbocycles. The maximum absolute atomic E-state index is 2.37. The fourth-order valence-corrected chi connectivity index (χ4v) is 2.14. The molecule has 1 aromatic heterocycles. The first-order chi connectivity index (χ1) is 7.29. The summed E-state index contributed by atoms with van der Waals surface area (Å²) in [7, 11) is 0. The Hall–Kier alpha value is -0.440. The number of rotatable bonds is 7. The molecule has 3 heteroatoms. The first kappa shape index (κ1) is 12.6. The highest BCUT2D eigenvalue weighted by Crippen LogP contribution is 2.00.